The Kier molecular flexibility index (Phi) is 8.03. The van der Waals surface area contributed by atoms with Crippen LogP contribution in [0.15, 0.2) is 59.8 Å². The fraction of sp³-hybridized carbons (Fsp3) is 0.286. The fourth-order valence-corrected chi connectivity index (χ4v) is 2.43. The van der Waals surface area contributed by atoms with E-state index in [1.165, 1.54) is 18.9 Å². The van der Waals surface area contributed by atoms with Gasteiger partial charge in [0.2, 0.25) is 0 Å². The number of amides is 1. The van der Waals surface area contributed by atoms with E-state index in [1.807, 2.05) is 25.1 Å². The van der Waals surface area contributed by atoms with Crippen molar-refractivity contribution in [3.8, 4) is 0 Å². The first-order valence-corrected chi connectivity index (χ1v) is 8.75. The Labute approximate surface area is 159 Å². The summed E-state index contributed by atoms with van der Waals surface area (Å²) >= 11 is 0. The average molecular weight is 368 g/mol. The van der Waals surface area contributed by atoms with Gasteiger partial charge in [-0.3, -0.25) is 4.79 Å². The second kappa shape index (κ2) is 10.8. The van der Waals surface area contributed by atoms with Gasteiger partial charge in [0, 0.05) is 6.04 Å². The fourth-order valence-electron chi connectivity index (χ4n) is 2.43. The Morgan fingerprint density at radius 3 is 2.48 bits per heavy atom. The molecule has 6 heteroatoms. The number of hydrogen-bond donors (Lipinski definition) is 1. The third-order valence-corrected chi connectivity index (χ3v) is 3.92. The summed E-state index contributed by atoms with van der Waals surface area (Å²) in [6.45, 7) is 1.82. The molecule has 2 rings (SSSR count). The van der Waals surface area contributed by atoms with Crippen molar-refractivity contribution in [3.05, 3.63) is 71.3 Å². The number of carbonyl (C=O) groups excluding carboxylic acids is 2. The zero-order valence-corrected chi connectivity index (χ0v) is 15.6. The number of esters is 1. The highest BCUT2D eigenvalue weighted by Crippen LogP contribution is 2.05. The molecular weight excluding hydrogens is 344 g/mol. The molecule has 27 heavy (non-hydrogen) atoms. The number of nitrogens with one attached hydrogen (secondary N) is 1. The van der Waals surface area contributed by atoms with E-state index in [-0.39, 0.29) is 18.6 Å². The van der Waals surface area contributed by atoms with Crippen LogP contribution in [0.2, 0.25) is 0 Å². The summed E-state index contributed by atoms with van der Waals surface area (Å²) < 4.78 is 4.63. The second-order valence-corrected chi connectivity index (χ2v) is 6.11. The van der Waals surface area contributed by atoms with E-state index in [0.717, 1.165) is 18.4 Å². The first kappa shape index (κ1) is 20.2. The lowest BCUT2D eigenvalue weighted by molar-refractivity contribution is -0.126. The minimum Gasteiger partial charge on any atom is -0.465 e. The molecule has 0 saturated heterocycles. The topological polar surface area (TPSA) is 77.0 Å². The van der Waals surface area contributed by atoms with Crippen LogP contribution >= 0.6 is 0 Å². The molecule has 0 aromatic heterocycles. The van der Waals surface area contributed by atoms with Crippen LogP contribution in [0.1, 0.15) is 34.8 Å². The molecule has 0 unspecified atom stereocenters. The molecule has 2 aromatic rings. The normalized spacial score (nSPS) is 11.8. The van der Waals surface area contributed by atoms with E-state index in [9.17, 15) is 9.59 Å². The van der Waals surface area contributed by atoms with Crippen LogP contribution in [-0.4, -0.2) is 37.8 Å². The summed E-state index contributed by atoms with van der Waals surface area (Å²) in [5.41, 5.74) is 2.45. The van der Waals surface area contributed by atoms with Crippen molar-refractivity contribution in [2.45, 2.75) is 25.8 Å². The van der Waals surface area contributed by atoms with Crippen LogP contribution in [0.5, 0.6) is 0 Å². The Morgan fingerprint density at radius 2 is 1.81 bits per heavy atom. The summed E-state index contributed by atoms with van der Waals surface area (Å²) in [5.74, 6) is -0.610. The largest absolute Gasteiger partial charge is 0.465 e. The van der Waals surface area contributed by atoms with Crippen molar-refractivity contribution in [3.63, 3.8) is 0 Å². The third-order valence-electron chi connectivity index (χ3n) is 3.92. The zero-order valence-electron chi connectivity index (χ0n) is 15.6. The maximum Gasteiger partial charge on any atom is 0.337 e. The van der Waals surface area contributed by atoms with Crippen LogP contribution in [0.3, 0.4) is 0 Å². The molecule has 1 N–H and O–H groups in total. The van der Waals surface area contributed by atoms with Crippen molar-refractivity contribution in [2.75, 3.05) is 13.7 Å². The highest BCUT2D eigenvalue weighted by Gasteiger charge is 2.08. The molecule has 142 valence electrons. The number of benzene rings is 2. The minimum absolute atomic E-state index is 0.0520. The minimum atomic E-state index is -0.396. The maximum absolute atomic E-state index is 11.9. The quantitative estimate of drug-likeness (QED) is 0.419. The molecule has 0 heterocycles. The third kappa shape index (κ3) is 7.32. The number of carbonyl (C=O) groups is 2. The maximum atomic E-state index is 11.9. The van der Waals surface area contributed by atoms with Gasteiger partial charge in [-0.1, -0.05) is 47.6 Å². The standard InChI is InChI=1S/C21H24N2O4/c1-16(8-9-17-6-4-3-5-7-17)23-20(24)15-27-22-14-18-10-12-19(13-11-18)21(25)26-2/h3-7,10-14,16H,8-9,15H2,1-2H3,(H,23,24)/b22-14-/t16-/m0/s1. The van der Waals surface area contributed by atoms with E-state index in [1.54, 1.807) is 24.3 Å². The highest BCUT2D eigenvalue weighted by atomic mass is 16.6. The van der Waals surface area contributed by atoms with E-state index in [4.69, 9.17) is 4.84 Å². The van der Waals surface area contributed by atoms with Crippen molar-refractivity contribution in [1.29, 1.82) is 0 Å². The number of methoxy groups -OCH3 is 1. The molecular formula is C21H24N2O4. The van der Waals surface area contributed by atoms with Gasteiger partial charge in [0.25, 0.3) is 5.91 Å². The lowest BCUT2D eigenvalue weighted by Gasteiger charge is -2.13. The molecule has 1 amide bonds. The van der Waals surface area contributed by atoms with Crippen molar-refractivity contribution < 1.29 is 19.2 Å². The van der Waals surface area contributed by atoms with Crippen molar-refractivity contribution in [2.24, 2.45) is 5.16 Å². The van der Waals surface area contributed by atoms with Crippen LogP contribution < -0.4 is 5.32 Å². The predicted molar refractivity (Wildman–Crippen MR) is 104 cm³/mol. The summed E-state index contributed by atoms with van der Waals surface area (Å²) in [7, 11) is 1.33. The van der Waals surface area contributed by atoms with Gasteiger partial charge in [0.05, 0.1) is 18.9 Å². The van der Waals surface area contributed by atoms with Gasteiger partial charge in [-0.2, -0.15) is 0 Å². The van der Waals surface area contributed by atoms with Gasteiger partial charge >= 0.3 is 5.97 Å². The number of ether oxygens (including phenoxy) is 1. The van der Waals surface area contributed by atoms with Crippen LogP contribution in [0, 0.1) is 0 Å². The van der Waals surface area contributed by atoms with Crippen LogP contribution in [-0.2, 0) is 20.8 Å². The van der Waals surface area contributed by atoms with E-state index in [0.29, 0.717) is 5.56 Å². The van der Waals surface area contributed by atoms with Gasteiger partial charge in [0.15, 0.2) is 6.61 Å². The molecule has 0 spiro atoms. The monoisotopic (exact) mass is 368 g/mol. The smallest absolute Gasteiger partial charge is 0.337 e. The molecule has 0 aliphatic carbocycles. The van der Waals surface area contributed by atoms with Crippen LogP contribution in [0.4, 0.5) is 0 Å². The lowest BCUT2D eigenvalue weighted by atomic mass is 10.1. The first-order valence-electron chi connectivity index (χ1n) is 8.75. The van der Waals surface area contributed by atoms with Gasteiger partial charge in [-0.05, 0) is 43.0 Å². The summed E-state index contributed by atoms with van der Waals surface area (Å²) in [5, 5.41) is 6.66. The van der Waals surface area contributed by atoms with Gasteiger partial charge < -0.3 is 14.9 Å². The number of aryl methyl sites for hydroxylation is 1. The van der Waals surface area contributed by atoms with Crippen LogP contribution in [0.25, 0.3) is 0 Å². The highest BCUT2D eigenvalue weighted by molar-refractivity contribution is 5.90. The summed E-state index contributed by atoms with van der Waals surface area (Å²) in [6, 6.07) is 16.9. The Morgan fingerprint density at radius 1 is 1.11 bits per heavy atom. The second-order valence-electron chi connectivity index (χ2n) is 6.11. The van der Waals surface area contributed by atoms with Crippen molar-refractivity contribution >= 4 is 18.1 Å². The Balaban J connectivity index is 1.67. The molecule has 6 nitrogen and oxygen atoms in total. The Bertz CT molecular complexity index is 758. The van der Waals surface area contributed by atoms with E-state index < -0.39 is 5.97 Å². The predicted octanol–water partition coefficient (Wildman–Crippen LogP) is 2.96. The summed E-state index contributed by atoms with van der Waals surface area (Å²) in [6.07, 6.45) is 3.24. The number of oxime groups is 1. The van der Waals surface area contributed by atoms with E-state index in [2.05, 4.69) is 27.3 Å². The number of nitrogens with zero attached hydrogens (tertiary/aromatic N) is 1. The van der Waals surface area contributed by atoms with Gasteiger partial charge in [-0.15, -0.1) is 0 Å². The van der Waals surface area contributed by atoms with E-state index >= 15 is 0 Å². The molecule has 0 bridgehead atoms. The molecule has 0 radical (unpaired) electrons. The number of rotatable bonds is 9. The molecule has 0 saturated carbocycles. The van der Waals surface area contributed by atoms with Gasteiger partial charge in [-0.25, -0.2) is 4.79 Å². The first-order chi connectivity index (χ1) is 13.1. The summed E-state index contributed by atoms with van der Waals surface area (Å²) in [4.78, 5) is 28.2. The zero-order chi connectivity index (χ0) is 19.5. The van der Waals surface area contributed by atoms with Gasteiger partial charge in [0.1, 0.15) is 0 Å². The van der Waals surface area contributed by atoms with Crippen molar-refractivity contribution in [1.82, 2.24) is 5.32 Å². The lowest BCUT2D eigenvalue weighted by Crippen LogP contribution is -2.35. The number of hydrogen-bond acceptors (Lipinski definition) is 5. The average Bonchev–Trinajstić information content (AvgIpc) is 2.70. The Hall–Kier alpha value is -3.15. The molecule has 0 fully saturated rings. The molecule has 2 aromatic carbocycles. The molecule has 1 atom stereocenters. The molecule has 0 aliphatic rings. The SMILES string of the molecule is COC(=O)c1ccc(/C=N\OCC(=O)N[C@@H](C)CCc2ccccc2)cc1. The molecule has 0 aliphatic heterocycles.